The molecule has 0 saturated heterocycles. The number of hydrogen-bond acceptors (Lipinski definition) is 3. The van der Waals surface area contributed by atoms with E-state index in [0.29, 0.717) is 6.54 Å². The number of aromatic nitrogens is 3. The number of hydrogen-bond donors (Lipinski definition) is 3. The molecule has 0 saturated carbocycles. The van der Waals surface area contributed by atoms with Crippen molar-refractivity contribution in [2.45, 2.75) is 19.9 Å². The Labute approximate surface area is 75.0 Å². The molecule has 0 aromatic carbocycles. The molecule has 1 rings (SSSR count). The number of nitrogens with zero attached hydrogens (tertiary/aromatic N) is 1. The zero-order valence-electron chi connectivity index (χ0n) is 7.59. The van der Waals surface area contributed by atoms with Crippen LogP contribution in [0.2, 0.25) is 0 Å². The van der Waals surface area contributed by atoms with Crippen LogP contribution in [0.1, 0.15) is 13.3 Å². The van der Waals surface area contributed by atoms with Crippen LogP contribution in [0.25, 0.3) is 0 Å². The Bertz CT molecular complexity index is 320. The first-order chi connectivity index (χ1) is 6.25. The highest BCUT2D eigenvalue weighted by Crippen LogP contribution is 1.78. The van der Waals surface area contributed by atoms with E-state index >= 15 is 0 Å². The SMILES string of the molecule is CCNCCCn1c(=O)[nH][nH]c1=O. The lowest BCUT2D eigenvalue weighted by molar-refractivity contribution is 0.570. The maximum Gasteiger partial charge on any atom is 0.344 e. The molecule has 6 nitrogen and oxygen atoms in total. The van der Waals surface area contributed by atoms with Crippen molar-refractivity contribution < 1.29 is 0 Å². The molecule has 74 valence electrons. The normalized spacial score (nSPS) is 10.5. The van der Waals surface area contributed by atoms with Gasteiger partial charge in [-0.05, 0) is 19.5 Å². The summed E-state index contributed by atoms with van der Waals surface area (Å²) in [6, 6.07) is 0. The fraction of sp³-hybridized carbons (Fsp3) is 0.714. The molecule has 0 aliphatic carbocycles. The summed E-state index contributed by atoms with van der Waals surface area (Å²) in [4.78, 5) is 21.9. The summed E-state index contributed by atoms with van der Waals surface area (Å²) in [6.07, 6.45) is 0.773. The highest BCUT2D eigenvalue weighted by Gasteiger charge is 2.00. The van der Waals surface area contributed by atoms with E-state index in [1.54, 1.807) is 0 Å². The minimum atomic E-state index is -0.374. The average molecular weight is 186 g/mol. The highest BCUT2D eigenvalue weighted by atomic mass is 16.2. The summed E-state index contributed by atoms with van der Waals surface area (Å²) in [7, 11) is 0. The molecule has 13 heavy (non-hydrogen) atoms. The summed E-state index contributed by atoms with van der Waals surface area (Å²) >= 11 is 0. The van der Waals surface area contributed by atoms with Gasteiger partial charge in [0.05, 0.1) is 0 Å². The van der Waals surface area contributed by atoms with E-state index in [2.05, 4.69) is 15.5 Å². The first-order valence-electron chi connectivity index (χ1n) is 4.34. The molecule has 0 unspecified atom stereocenters. The zero-order valence-corrected chi connectivity index (χ0v) is 7.59. The number of H-pyrrole nitrogens is 2. The van der Waals surface area contributed by atoms with Crippen molar-refractivity contribution in [2.24, 2.45) is 0 Å². The fourth-order valence-electron chi connectivity index (χ4n) is 1.08. The summed E-state index contributed by atoms with van der Waals surface area (Å²) in [5, 5.41) is 7.57. The predicted octanol–water partition coefficient (Wildman–Crippen LogP) is -1.14. The zero-order chi connectivity index (χ0) is 9.68. The largest absolute Gasteiger partial charge is 0.344 e. The minimum absolute atomic E-state index is 0.374. The molecule has 3 N–H and O–H groups in total. The molecule has 0 fully saturated rings. The number of rotatable bonds is 5. The second-order valence-corrected chi connectivity index (χ2v) is 2.72. The van der Waals surface area contributed by atoms with Gasteiger partial charge in [0.2, 0.25) is 0 Å². The van der Waals surface area contributed by atoms with E-state index in [-0.39, 0.29) is 11.4 Å². The van der Waals surface area contributed by atoms with Gasteiger partial charge in [-0.25, -0.2) is 24.4 Å². The lowest BCUT2D eigenvalue weighted by Crippen LogP contribution is -2.28. The summed E-state index contributed by atoms with van der Waals surface area (Å²) < 4.78 is 1.15. The van der Waals surface area contributed by atoms with Gasteiger partial charge in [-0.1, -0.05) is 6.92 Å². The molecular formula is C7H14N4O2. The van der Waals surface area contributed by atoms with Gasteiger partial charge in [0, 0.05) is 6.54 Å². The Hall–Kier alpha value is -1.30. The predicted molar refractivity (Wildman–Crippen MR) is 48.8 cm³/mol. The van der Waals surface area contributed by atoms with Crippen molar-refractivity contribution in [3.05, 3.63) is 21.0 Å². The topological polar surface area (TPSA) is 82.7 Å². The van der Waals surface area contributed by atoms with E-state index in [0.717, 1.165) is 24.1 Å². The van der Waals surface area contributed by atoms with Gasteiger partial charge in [-0.3, -0.25) is 0 Å². The van der Waals surface area contributed by atoms with Crippen molar-refractivity contribution in [1.82, 2.24) is 20.1 Å². The van der Waals surface area contributed by atoms with Crippen LogP contribution in [0.15, 0.2) is 9.59 Å². The third kappa shape index (κ3) is 2.59. The molecule has 0 spiro atoms. The molecule has 1 aromatic rings. The molecule has 0 bridgehead atoms. The third-order valence-corrected chi connectivity index (χ3v) is 1.75. The first kappa shape index (κ1) is 9.79. The Morgan fingerprint density at radius 3 is 2.46 bits per heavy atom. The van der Waals surface area contributed by atoms with Crippen molar-refractivity contribution in [2.75, 3.05) is 13.1 Å². The van der Waals surface area contributed by atoms with E-state index in [1.807, 2.05) is 6.92 Å². The van der Waals surface area contributed by atoms with Gasteiger partial charge in [0.1, 0.15) is 0 Å². The molecule has 0 radical (unpaired) electrons. The van der Waals surface area contributed by atoms with Crippen molar-refractivity contribution in [3.8, 4) is 0 Å². The van der Waals surface area contributed by atoms with Gasteiger partial charge in [0.25, 0.3) is 0 Å². The summed E-state index contributed by atoms with van der Waals surface area (Å²) in [6.45, 7) is 4.17. The first-order valence-corrected chi connectivity index (χ1v) is 4.34. The van der Waals surface area contributed by atoms with E-state index in [9.17, 15) is 9.59 Å². The van der Waals surface area contributed by atoms with Crippen LogP contribution >= 0.6 is 0 Å². The molecule has 0 aliphatic heterocycles. The lowest BCUT2D eigenvalue weighted by atomic mass is 10.4. The van der Waals surface area contributed by atoms with Crippen LogP contribution in [0.5, 0.6) is 0 Å². The Kier molecular flexibility index (Phi) is 3.51. The summed E-state index contributed by atoms with van der Waals surface area (Å²) in [5.74, 6) is 0. The van der Waals surface area contributed by atoms with Gasteiger partial charge in [-0.2, -0.15) is 0 Å². The molecule has 1 heterocycles. The monoisotopic (exact) mass is 186 g/mol. The van der Waals surface area contributed by atoms with E-state index in [4.69, 9.17) is 0 Å². The maximum atomic E-state index is 11.0. The molecular weight excluding hydrogens is 172 g/mol. The van der Waals surface area contributed by atoms with Crippen LogP contribution in [-0.2, 0) is 6.54 Å². The van der Waals surface area contributed by atoms with E-state index in [1.165, 1.54) is 0 Å². The molecule has 0 amide bonds. The van der Waals surface area contributed by atoms with E-state index < -0.39 is 0 Å². The van der Waals surface area contributed by atoms with Crippen molar-refractivity contribution in [1.29, 1.82) is 0 Å². The summed E-state index contributed by atoms with van der Waals surface area (Å²) in [5.41, 5.74) is -0.747. The molecule has 1 aromatic heterocycles. The number of nitrogens with one attached hydrogen (secondary N) is 3. The number of aromatic amines is 2. The third-order valence-electron chi connectivity index (χ3n) is 1.75. The Morgan fingerprint density at radius 1 is 1.31 bits per heavy atom. The van der Waals surface area contributed by atoms with Crippen molar-refractivity contribution in [3.63, 3.8) is 0 Å². The van der Waals surface area contributed by atoms with Crippen LogP contribution < -0.4 is 16.7 Å². The Morgan fingerprint density at radius 2 is 1.92 bits per heavy atom. The standard InChI is InChI=1S/C7H14N4O2/c1-2-8-4-3-5-11-6(12)9-10-7(11)13/h8H,2-5H2,1H3,(H,9,12)(H,10,13). The van der Waals surface area contributed by atoms with Crippen molar-refractivity contribution >= 4 is 0 Å². The molecule has 0 atom stereocenters. The maximum absolute atomic E-state index is 11.0. The van der Waals surface area contributed by atoms with Gasteiger partial charge in [-0.15, -0.1) is 0 Å². The van der Waals surface area contributed by atoms with Crippen LogP contribution in [-0.4, -0.2) is 27.9 Å². The molecule has 0 aliphatic rings. The lowest BCUT2D eigenvalue weighted by Gasteiger charge is -1.99. The van der Waals surface area contributed by atoms with Gasteiger partial charge < -0.3 is 5.32 Å². The highest BCUT2D eigenvalue weighted by molar-refractivity contribution is 4.65. The fourth-order valence-corrected chi connectivity index (χ4v) is 1.08. The van der Waals surface area contributed by atoms with Crippen LogP contribution in [0.3, 0.4) is 0 Å². The van der Waals surface area contributed by atoms with Gasteiger partial charge in [0.15, 0.2) is 0 Å². The van der Waals surface area contributed by atoms with Gasteiger partial charge >= 0.3 is 11.4 Å². The quantitative estimate of drug-likeness (QED) is 0.508. The Balaban J connectivity index is 2.45. The average Bonchev–Trinajstić information content (AvgIpc) is 2.42. The molecule has 6 heteroatoms. The second-order valence-electron chi connectivity index (χ2n) is 2.72. The van der Waals surface area contributed by atoms with Crippen LogP contribution in [0, 0.1) is 0 Å². The second kappa shape index (κ2) is 4.66. The smallest absolute Gasteiger partial charge is 0.317 e. The van der Waals surface area contributed by atoms with Crippen LogP contribution in [0.4, 0.5) is 0 Å². The minimum Gasteiger partial charge on any atom is -0.317 e.